The number of nitrogens with zero attached hydrogens (tertiary/aromatic N) is 1. The maximum Gasteiger partial charge on any atom is 0 e. The number of nitrogens with two attached hydrogens (primary N) is 2. The molecule has 41 valence electrons. The van der Waals surface area contributed by atoms with Crippen molar-refractivity contribution in [3.05, 3.63) is 10.1 Å². The zero-order valence-corrected chi connectivity index (χ0v) is 3.79. The minimum atomic E-state index is 0. The molecule has 0 saturated carbocycles. The second-order valence-electron chi connectivity index (χ2n) is 0.0745. The predicted molar refractivity (Wildman–Crippen MR) is 17.5 cm³/mol. The summed E-state index contributed by atoms with van der Waals surface area (Å²) in [5, 5.41) is 9.00. The molecule has 0 rings (SSSR count). The van der Waals surface area contributed by atoms with Gasteiger partial charge in [0.1, 0.15) is 0 Å². The minimum Gasteiger partial charge on any atom is -0.444 e. The van der Waals surface area contributed by atoms with E-state index in [-0.39, 0.29) is 16.8 Å². The van der Waals surface area contributed by atoms with Gasteiger partial charge in [-0.25, -0.2) is 0 Å². The maximum absolute atomic E-state index is 8.00. The molecule has 6 heteroatoms. The van der Waals surface area contributed by atoms with E-state index in [1.54, 1.807) is 0 Å². The molecule has 0 aromatic heterocycles. The Morgan fingerprint density at radius 3 is 1.50 bits per heavy atom. The summed E-state index contributed by atoms with van der Waals surface area (Å²) in [5.41, 5.74) is 0. The molecule has 1 radical (unpaired) electrons. The second kappa shape index (κ2) is 103. The van der Waals surface area contributed by atoms with Crippen LogP contribution in [0.1, 0.15) is 0 Å². The fourth-order valence-corrected chi connectivity index (χ4v) is 0. The molecule has 0 aromatic rings. The molecule has 0 spiro atoms. The van der Waals surface area contributed by atoms with E-state index in [4.69, 9.17) is 10.1 Å². The molecule has 0 saturated heterocycles. The Kier molecular flexibility index (Phi) is 293. The molecule has 0 aliphatic carbocycles. The minimum absolute atomic E-state index is 0. The van der Waals surface area contributed by atoms with E-state index in [9.17, 15) is 0 Å². The summed E-state index contributed by atoms with van der Waals surface area (Å²) in [4.78, 5) is 8.00. The first-order valence-electron chi connectivity index (χ1n) is 0.698. The number of hydrogen-bond acceptors (Lipinski definition) is 5. The van der Waals surface area contributed by atoms with Crippen LogP contribution < -0.4 is 11.7 Å². The molecule has 0 atom stereocenters. The standard InChI is InChI=1S/Co.H4N2.HNO2/c;1-2;2-1-3/h;1-2H2;(H,2,3)/p-1. The smallest absolute Gasteiger partial charge is 0 e. The van der Waals surface area contributed by atoms with Gasteiger partial charge < -0.3 is 10.1 Å². The van der Waals surface area contributed by atoms with E-state index in [0.29, 0.717) is 0 Å². The Morgan fingerprint density at radius 1 is 1.50 bits per heavy atom. The van der Waals surface area contributed by atoms with Gasteiger partial charge in [0.15, 0.2) is 0 Å². The van der Waals surface area contributed by atoms with Crippen molar-refractivity contribution in [1.82, 2.24) is 0 Å². The van der Waals surface area contributed by atoms with Gasteiger partial charge in [0.05, 0.1) is 0 Å². The topological polar surface area (TPSA) is 105 Å². The zero-order valence-electron chi connectivity index (χ0n) is 2.75. The van der Waals surface area contributed by atoms with Gasteiger partial charge >= 0.3 is 0 Å². The molecule has 0 heterocycles. The Bertz CT molecular complexity index is 16.3. The van der Waals surface area contributed by atoms with Gasteiger partial charge in [0, 0.05) is 16.8 Å². The van der Waals surface area contributed by atoms with Crippen LogP contribution in [0.4, 0.5) is 0 Å². The summed E-state index contributed by atoms with van der Waals surface area (Å²) in [7, 11) is 0. The molecule has 4 N–H and O–H groups in total. The molecular formula is H4CoN3O2-. The molecule has 0 aliphatic rings. The molecular weight excluding hydrogens is 133 g/mol. The van der Waals surface area contributed by atoms with Crippen molar-refractivity contribution in [2.75, 3.05) is 0 Å². The third-order valence-corrected chi connectivity index (χ3v) is 0. The van der Waals surface area contributed by atoms with Crippen LogP contribution in [-0.4, -0.2) is 0 Å². The van der Waals surface area contributed by atoms with Crippen molar-refractivity contribution in [3.8, 4) is 0 Å². The summed E-state index contributed by atoms with van der Waals surface area (Å²) in [6, 6.07) is 0. The van der Waals surface area contributed by atoms with Gasteiger partial charge in [-0.05, 0) is 0 Å². The first-order valence-corrected chi connectivity index (χ1v) is 0.698. The molecule has 0 amide bonds. The van der Waals surface area contributed by atoms with Gasteiger partial charge in [0.25, 0.3) is 0 Å². The summed E-state index contributed by atoms with van der Waals surface area (Å²) < 4.78 is 0. The van der Waals surface area contributed by atoms with E-state index in [0.717, 1.165) is 5.34 Å². The molecule has 0 fully saturated rings. The summed E-state index contributed by atoms with van der Waals surface area (Å²) in [6.07, 6.45) is 0. The second-order valence-corrected chi connectivity index (χ2v) is 0.0745. The molecule has 0 bridgehead atoms. The molecule has 0 unspecified atom stereocenters. The summed E-state index contributed by atoms with van der Waals surface area (Å²) >= 11 is 0. The fraction of sp³-hybridized carbons (Fsp3) is 0. The van der Waals surface area contributed by atoms with Crippen LogP contribution in [0.2, 0.25) is 0 Å². The van der Waals surface area contributed by atoms with Gasteiger partial charge in [0.2, 0.25) is 0 Å². The van der Waals surface area contributed by atoms with E-state index < -0.39 is 0 Å². The van der Waals surface area contributed by atoms with Crippen molar-refractivity contribution in [1.29, 1.82) is 0 Å². The van der Waals surface area contributed by atoms with Crippen LogP contribution >= 0.6 is 0 Å². The maximum atomic E-state index is 8.00. The van der Waals surface area contributed by atoms with Gasteiger partial charge in [-0.2, -0.15) is 0 Å². The summed E-state index contributed by atoms with van der Waals surface area (Å²) in [6.45, 7) is 0. The monoisotopic (exact) mass is 137 g/mol. The van der Waals surface area contributed by atoms with Crippen molar-refractivity contribution < 1.29 is 16.8 Å². The Hall–Kier alpha value is -0.174. The van der Waals surface area contributed by atoms with Crippen LogP contribution in [0.25, 0.3) is 0 Å². The van der Waals surface area contributed by atoms with E-state index in [2.05, 4.69) is 11.7 Å². The molecule has 0 aliphatic heterocycles. The first-order chi connectivity index (χ1) is 2.41. The number of rotatable bonds is 0. The Morgan fingerprint density at radius 2 is 1.50 bits per heavy atom. The van der Waals surface area contributed by atoms with Gasteiger partial charge in [-0.3, -0.25) is 11.7 Å². The predicted octanol–water partition coefficient (Wildman–Crippen LogP) is -0.933. The third kappa shape index (κ3) is 1020. The van der Waals surface area contributed by atoms with E-state index in [1.807, 2.05) is 0 Å². The Labute approximate surface area is 44.8 Å². The van der Waals surface area contributed by atoms with Gasteiger partial charge in [-0.1, -0.05) is 0 Å². The summed E-state index contributed by atoms with van der Waals surface area (Å²) in [5.74, 6) is 8.00. The molecule has 0 aromatic carbocycles. The van der Waals surface area contributed by atoms with Crippen molar-refractivity contribution in [3.63, 3.8) is 0 Å². The van der Waals surface area contributed by atoms with Crippen LogP contribution in [0.15, 0.2) is 5.34 Å². The van der Waals surface area contributed by atoms with Crippen LogP contribution in [0, 0.1) is 10.1 Å². The number of hydrazine groups is 1. The largest absolute Gasteiger partial charge is 0.444 e. The van der Waals surface area contributed by atoms with E-state index >= 15 is 0 Å². The van der Waals surface area contributed by atoms with Crippen molar-refractivity contribution >= 4 is 0 Å². The average molecular weight is 137 g/mol. The first kappa shape index (κ1) is 17.0. The molecule has 6 heavy (non-hydrogen) atoms. The van der Waals surface area contributed by atoms with Crippen molar-refractivity contribution in [2.24, 2.45) is 17.0 Å². The molecule has 5 nitrogen and oxygen atoms in total. The average Bonchev–Trinajstić information content (AvgIpc) is 1.46. The zero-order chi connectivity index (χ0) is 4.71. The van der Waals surface area contributed by atoms with Crippen LogP contribution in [0.5, 0.6) is 0 Å². The fourth-order valence-electron chi connectivity index (χ4n) is 0. The van der Waals surface area contributed by atoms with Gasteiger partial charge in [-0.15, -0.1) is 5.34 Å². The normalized spacial score (nSPS) is 3.00. The quantitative estimate of drug-likeness (QED) is 0.255. The third-order valence-electron chi connectivity index (χ3n) is 0. The van der Waals surface area contributed by atoms with Crippen LogP contribution in [0.3, 0.4) is 0 Å². The SMILES string of the molecule is NN.O=N[O-].[Co]. The number of hydrogen-bond donors (Lipinski definition) is 2. The van der Waals surface area contributed by atoms with Crippen molar-refractivity contribution in [2.45, 2.75) is 0 Å². The Balaban J connectivity index is -0.0000000275. The van der Waals surface area contributed by atoms with Crippen LogP contribution in [-0.2, 0) is 16.8 Å². The van der Waals surface area contributed by atoms with E-state index in [1.165, 1.54) is 0 Å².